The van der Waals surface area contributed by atoms with Gasteiger partial charge in [-0.25, -0.2) is 9.97 Å². The minimum Gasteiger partial charge on any atom is -0.394 e. The van der Waals surface area contributed by atoms with Crippen LogP contribution in [0, 0.1) is 0 Å². The van der Waals surface area contributed by atoms with Gasteiger partial charge in [-0.2, -0.15) is 0 Å². The van der Waals surface area contributed by atoms with Crippen LogP contribution in [0.15, 0.2) is 35.7 Å². The van der Waals surface area contributed by atoms with Crippen molar-refractivity contribution in [1.29, 1.82) is 0 Å². The first-order valence-electron chi connectivity index (χ1n) is 8.48. The zero-order valence-electron chi connectivity index (χ0n) is 14.9. The van der Waals surface area contributed by atoms with E-state index in [-0.39, 0.29) is 12.6 Å². The van der Waals surface area contributed by atoms with Crippen LogP contribution in [0.5, 0.6) is 0 Å². The van der Waals surface area contributed by atoms with E-state index in [1.165, 1.54) is 0 Å². The summed E-state index contributed by atoms with van der Waals surface area (Å²) in [6.45, 7) is 2.81. The molecule has 3 rings (SSSR count). The third-order valence-electron chi connectivity index (χ3n) is 4.08. The van der Waals surface area contributed by atoms with E-state index in [2.05, 4.69) is 34.7 Å². The smallest absolute Gasteiger partial charge is 0.146 e. The Kier molecular flexibility index (Phi) is 5.63. The molecule has 25 heavy (non-hydrogen) atoms. The molecule has 1 aromatic carbocycles. The van der Waals surface area contributed by atoms with Crippen molar-refractivity contribution in [2.45, 2.75) is 25.9 Å². The van der Waals surface area contributed by atoms with E-state index in [0.717, 1.165) is 39.4 Å². The Morgan fingerprint density at radius 3 is 2.60 bits per heavy atom. The lowest BCUT2D eigenvalue weighted by Crippen LogP contribution is -2.24. The zero-order chi connectivity index (χ0) is 17.8. The van der Waals surface area contributed by atoms with Crippen LogP contribution in [-0.2, 0) is 6.54 Å². The van der Waals surface area contributed by atoms with Gasteiger partial charge in [-0.1, -0.05) is 37.3 Å². The van der Waals surface area contributed by atoms with Gasteiger partial charge in [0.15, 0.2) is 0 Å². The van der Waals surface area contributed by atoms with Crippen molar-refractivity contribution in [2.75, 3.05) is 26.0 Å². The molecule has 0 radical (unpaired) electrons. The summed E-state index contributed by atoms with van der Waals surface area (Å²) in [4.78, 5) is 12.5. The summed E-state index contributed by atoms with van der Waals surface area (Å²) in [7, 11) is 4.01. The minimum atomic E-state index is -0.0196. The van der Waals surface area contributed by atoms with Crippen molar-refractivity contribution in [1.82, 2.24) is 14.9 Å². The Hall–Kier alpha value is -2.02. The monoisotopic (exact) mass is 356 g/mol. The SMILES string of the molecule is CCC(CO)Nc1nc(CN(C)C)nc2scc(-c3ccccc3)c12. The third-order valence-corrected chi connectivity index (χ3v) is 4.95. The van der Waals surface area contributed by atoms with Gasteiger partial charge in [0.2, 0.25) is 0 Å². The van der Waals surface area contributed by atoms with Crippen LogP contribution >= 0.6 is 11.3 Å². The molecular formula is C19H24N4OS. The van der Waals surface area contributed by atoms with Crippen LogP contribution in [0.2, 0.25) is 0 Å². The molecule has 3 aromatic rings. The summed E-state index contributed by atoms with van der Waals surface area (Å²) in [6.07, 6.45) is 0.829. The molecule has 0 aliphatic carbocycles. The topological polar surface area (TPSA) is 61.3 Å². The highest BCUT2D eigenvalue weighted by Gasteiger charge is 2.17. The number of aromatic nitrogens is 2. The predicted molar refractivity (Wildman–Crippen MR) is 105 cm³/mol. The number of nitrogens with one attached hydrogen (secondary N) is 1. The highest BCUT2D eigenvalue weighted by molar-refractivity contribution is 7.17. The third kappa shape index (κ3) is 3.98. The number of nitrogens with zero attached hydrogens (tertiary/aromatic N) is 3. The Morgan fingerprint density at radius 1 is 1.20 bits per heavy atom. The molecule has 2 aromatic heterocycles. The molecule has 1 unspecified atom stereocenters. The van der Waals surface area contributed by atoms with Crippen LogP contribution in [0.25, 0.3) is 21.3 Å². The fourth-order valence-electron chi connectivity index (χ4n) is 2.74. The number of aliphatic hydroxyl groups is 1. The molecule has 0 aliphatic rings. The Morgan fingerprint density at radius 2 is 1.96 bits per heavy atom. The zero-order valence-corrected chi connectivity index (χ0v) is 15.7. The summed E-state index contributed by atoms with van der Waals surface area (Å²) in [5.41, 5.74) is 2.28. The number of anilines is 1. The molecular weight excluding hydrogens is 332 g/mol. The second-order valence-corrected chi connectivity index (χ2v) is 7.21. The van der Waals surface area contributed by atoms with Gasteiger partial charge in [-0.15, -0.1) is 11.3 Å². The van der Waals surface area contributed by atoms with Crippen molar-refractivity contribution in [3.05, 3.63) is 41.5 Å². The highest BCUT2D eigenvalue weighted by atomic mass is 32.1. The van der Waals surface area contributed by atoms with Crippen LogP contribution in [0.1, 0.15) is 19.2 Å². The number of fused-ring (bicyclic) bond motifs is 1. The van der Waals surface area contributed by atoms with Crippen molar-refractivity contribution in [3.8, 4) is 11.1 Å². The maximum Gasteiger partial charge on any atom is 0.146 e. The molecule has 2 N–H and O–H groups in total. The Bertz CT molecular complexity index is 828. The van der Waals surface area contributed by atoms with Gasteiger partial charge in [-0.3, -0.25) is 0 Å². The van der Waals surface area contributed by atoms with Crippen molar-refractivity contribution >= 4 is 27.4 Å². The lowest BCUT2D eigenvalue weighted by atomic mass is 10.1. The lowest BCUT2D eigenvalue weighted by molar-refractivity contribution is 0.271. The lowest BCUT2D eigenvalue weighted by Gasteiger charge is -2.17. The molecule has 0 aliphatic heterocycles. The van der Waals surface area contributed by atoms with Crippen LogP contribution in [0.3, 0.4) is 0 Å². The van der Waals surface area contributed by atoms with Gasteiger partial charge in [0.25, 0.3) is 0 Å². The summed E-state index contributed by atoms with van der Waals surface area (Å²) >= 11 is 1.63. The molecule has 0 fully saturated rings. The number of hydrogen-bond acceptors (Lipinski definition) is 6. The largest absolute Gasteiger partial charge is 0.394 e. The van der Waals surface area contributed by atoms with Crippen LogP contribution in [0.4, 0.5) is 5.82 Å². The van der Waals surface area contributed by atoms with Gasteiger partial charge in [0.05, 0.1) is 24.6 Å². The van der Waals surface area contributed by atoms with Crippen LogP contribution in [-0.4, -0.2) is 46.7 Å². The number of benzene rings is 1. The predicted octanol–water partition coefficient (Wildman–Crippen LogP) is 3.60. The first kappa shape index (κ1) is 17.8. The van der Waals surface area contributed by atoms with Crippen LogP contribution < -0.4 is 5.32 Å². The van der Waals surface area contributed by atoms with Crippen molar-refractivity contribution in [3.63, 3.8) is 0 Å². The Balaban J connectivity index is 2.14. The van der Waals surface area contributed by atoms with E-state index >= 15 is 0 Å². The van der Waals surface area contributed by atoms with E-state index < -0.39 is 0 Å². The molecule has 0 saturated heterocycles. The van der Waals surface area contributed by atoms with Crippen molar-refractivity contribution < 1.29 is 5.11 Å². The highest BCUT2D eigenvalue weighted by Crippen LogP contribution is 2.37. The van der Waals surface area contributed by atoms with Gasteiger partial charge < -0.3 is 15.3 Å². The molecule has 6 heteroatoms. The molecule has 0 bridgehead atoms. The summed E-state index contributed by atoms with van der Waals surface area (Å²) in [6, 6.07) is 10.3. The number of rotatable bonds is 7. The second kappa shape index (κ2) is 7.91. The maximum absolute atomic E-state index is 9.60. The van der Waals surface area contributed by atoms with E-state index in [4.69, 9.17) is 9.97 Å². The molecule has 2 heterocycles. The van der Waals surface area contributed by atoms with Gasteiger partial charge in [0.1, 0.15) is 16.5 Å². The van der Waals surface area contributed by atoms with Gasteiger partial charge in [-0.05, 0) is 26.1 Å². The molecule has 132 valence electrons. The minimum absolute atomic E-state index is 0.0196. The maximum atomic E-state index is 9.60. The van der Waals surface area contributed by atoms with E-state index in [1.54, 1.807) is 11.3 Å². The first-order chi connectivity index (χ1) is 12.1. The average Bonchev–Trinajstić information content (AvgIpc) is 3.03. The first-order valence-corrected chi connectivity index (χ1v) is 9.36. The number of hydrogen-bond donors (Lipinski definition) is 2. The van der Waals surface area contributed by atoms with E-state index in [1.807, 2.05) is 32.3 Å². The number of aliphatic hydroxyl groups excluding tert-OH is 1. The van der Waals surface area contributed by atoms with Gasteiger partial charge in [0, 0.05) is 10.9 Å². The second-order valence-electron chi connectivity index (χ2n) is 6.35. The molecule has 5 nitrogen and oxygen atoms in total. The van der Waals surface area contributed by atoms with Gasteiger partial charge >= 0.3 is 0 Å². The fraction of sp³-hybridized carbons (Fsp3) is 0.368. The Labute approximate surface area is 152 Å². The fourth-order valence-corrected chi connectivity index (χ4v) is 3.71. The molecule has 0 amide bonds. The normalized spacial score (nSPS) is 12.7. The molecule has 0 spiro atoms. The van der Waals surface area contributed by atoms with E-state index in [9.17, 15) is 5.11 Å². The van der Waals surface area contributed by atoms with Crippen molar-refractivity contribution in [2.24, 2.45) is 0 Å². The number of thiophene rings is 1. The summed E-state index contributed by atoms with van der Waals surface area (Å²) < 4.78 is 0. The summed E-state index contributed by atoms with van der Waals surface area (Å²) in [5.74, 6) is 1.59. The summed E-state index contributed by atoms with van der Waals surface area (Å²) in [5, 5.41) is 16.2. The molecule has 0 saturated carbocycles. The van der Waals surface area contributed by atoms with E-state index in [0.29, 0.717) is 6.54 Å². The average molecular weight is 356 g/mol. The standard InChI is InChI=1S/C19H24N4OS/c1-4-14(11-24)20-18-17-15(13-8-6-5-7-9-13)12-25-19(17)22-16(21-18)10-23(2)3/h5-9,12,14,24H,4,10-11H2,1-3H3,(H,20,21,22). The molecule has 1 atom stereocenters. The quantitative estimate of drug-likeness (QED) is 0.677.